The quantitative estimate of drug-likeness (QED) is 0.340. The zero-order chi connectivity index (χ0) is 24.1. The molecule has 1 aromatic heterocycles. The first-order valence-electron chi connectivity index (χ1n) is 9.59. The molecule has 3 aromatic rings. The molecule has 0 atom stereocenters. The Morgan fingerprint density at radius 3 is 2.24 bits per heavy atom. The lowest BCUT2D eigenvalue weighted by Crippen LogP contribution is -2.18. The summed E-state index contributed by atoms with van der Waals surface area (Å²) in [5.41, 5.74) is 4.60. The van der Waals surface area contributed by atoms with Gasteiger partial charge in [-0.2, -0.15) is 10.2 Å². The minimum absolute atomic E-state index is 0.272. The number of hydrazone groups is 1. The second kappa shape index (κ2) is 10.8. The molecular weight excluding hydrogens is 491 g/mol. The number of aryl methyl sites for hydroxylation is 1. The summed E-state index contributed by atoms with van der Waals surface area (Å²) in [6.07, 6.45) is 1.42. The van der Waals surface area contributed by atoms with Crippen LogP contribution in [0.15, 0.2) is 35.4 Å². The molecule has 2 aromatic carbocycles. The van der Waals surface area contributed by atoms with Gasteiger partial charge in [-0.3, -0.25) is 4.79 Å². The molecule has 0 unspecified atom stereocenters. The van der Waals surface area contributed by atoms with Crippen LogP contribution in [0.1, 0.15) is 27.2 Å². The number of benzene rings is 2. The topological polar surface area (TPSA) is 87.0 Å². The second-order valence-corrected chi connectivity index (χ2v) is 7.93. The van der Waals surface area contributed by atoms with Crippen molar-refractivity contribution >= 4 is 46.9 Å². The van der Waals surface area contributed by atoms with Crippen LogP contribution in [0.25, 0.3) is 0 Å². The Balaban J connectivity index is 1.79. The second-order valence-electron chi connectivity index (χ2n) is 6.76. The maximum absolute atomic E-state index is 12.6. The van der Waals surface area contributed by atoms with Gasteiger partial charge in [-0.15, -0.1) is 0 Å². The van der Waals surface area contributed by atoms with Gasteiger partial charge in [0.05, 0.1) is 45.3 Å². The zero-order valence-corrected chi connectivity index (χ0v) is 20.5. The summed E-state index contributed by atoms with van der Waals surface area (Å²) in [6.45, 7) is 2.06. The molecule has 0 saturated carbocycles. The molecule has 0 spiro atoms. The molecule has 1 N–H and O–H groups in total. The molecule has 0 saturated heterocycles. The number of halogens is 3. The van der Waals surface area contributed by atoms with Crippen molar-refractivity contribution in [2.24, 2.45) is 5.10 Å². The fourth-order valence-corrected chi connectivity index (χ4v) is 3.88. The maximum Gasteiger partial charge on any atom is 0.271 e. The van der Waals surface area contributed by atoms with Gasteiger partial charge in [0.15, 0.2) is 11.5 Å². The Morgan fingerprint density at radius 1 is 1.09 bits per heavy atom. The lowest BCUT2D eigenvalue weighted by Gasteiger charge is -2.13. The predicted molar refractivity (Wildman–Crippen MR) is 129 cm³/mol. The molecule has 1 amide bonds. The number of nitrogens with zero attached hydrogens (tertiary/aromatic N) is 3. The van der Waals surface area contributed by atoms with E-state index in [9.17, 15) is 4.79 Å². The Kier molecular flexibility index (Phi) is 8.07. The number of ether oxygens (including phenoxy) is 3. The average Bonchev–Trinajstić information content (AvgIpc) is 3.07. The zero-order valence-electron chi connectivity index (χ0n) is 18.3. The van der Waals surface area contributed by atoms with E-state index >= 15 is 0 Å². The van der Waals surface area contributed by atoms with Gasteiger partial charge in [-0.25, -0.2) is 10.1 Å². The third kappa shape index (κ3) is 5.35. The maximum atomic E-state index is 12.6. The van der Waals surface area contributed by atoms with Gasteiger partial charge in [-0.05, 0) is 31.2 Å². The van der Waals surface area contributed by atoms with Crippen molar-refractivity contribution in [2.75, 3.05) is 21.3 Å². The number of hydrogen-bond acceptors (Lipinski definition) is 6. The lowest BCUT2D eigenvalue weighted by molar-refractivity contribution is 0.0954. The van der Waals surface area contributed by atoms with Crippen molar-refractivity contribution in [2.45, 2.75) is 13.5 Å². The molecule has 3 rings (SSSR count). The number of carbonyl (C=O) groups excluding carboxylic acids is 1. The van der Waals surface area contributed by atoms with Crippen LogP contribution in [0.5, 0.6) is 17.2 Å². The van der Waals surface area contributed by atoms with E-state index in [0.29, 0.717) is 49.3 Å². The Bertz CT molecular complexity index is 1170. The van der Waals surface area contributed by atoms with Crippen molar-refractivity contribution in [3.8, 4) is 17.2 Å². The fraction of sp³-hybridized carbons (Fsp3) is 0.227. The number of methoxy groups -OCH3 is 3. The predicted octanol–water partition coefficient (Wildman–Crippen LogP) is 4.99. The molecule has 11 heteroatoms. The number of amides is 1. The van der Waals surface area contributed by atoms with E-state index < -0.39 is 5.91 Å². The summed E-state index contributed by atoms with van der Waals surface area (Å²) < 4.78 is 17.4. The summed E-state index contributed by atoms with van der Waals surface area (Å²) in [5, 5.41) is 9.80. The summed E-state index contributed by atoms with van der Waals surface area (Å²) in [5.74, 6) is 0.608. The molecule has 0 radical (unpaired) electrons. The molecule has 0 aliphatic rings. The number of hydrogen-bond donors (Lipinski definition) is 1. The van der Waals surface area contributed by atoms with E-state index in [1.807, 2.05) is 0 Å². The molecule has 0 aliphatic carbocycles. The van der Waals surface area contributed by atoms with Crippen molar-refractivity contribution < 1.29 is 19.0 Å². The molecule has 0 aliphatic heterocycles. The number of carbonyl (C=O) groups is 1. The molecule has 1 heterocycles. The van der Waals surface area contributed by atoms with E-state index in [0.717, 1.165) is 0 Å². The minimum atomic E-state index is -0.477. The van der Waals surface area contributed by atoms with Crippen LogP contribution in [-0.4, -0.2) is 43.2 Å². The average molecular weight is 512 g/mol. The van der Waals surface area contributed by atoms with E-state index in [2.05, 4.69) is 15.6 Å². The molecular formula is C22H21Cl3N4O4. The molecule has 33 heavy (non-hydrogen) atoms. The van der Waals surface area contributed by atoms with Crippen LogP contribution >= 0.6 is 34.8 Å². The number of aromatic nitrogens is 2. The first kappa shape index (κ1) is 24.7. The van der Waals surface area contributed by atoms with Gasteiger partial charge in [-0.1, -0.05) is 40.9 Å². The highest BCUT2D eigenvalue weighted by atomic mass is 35.5. The Morgan fingerprint density at radius 2 is 1.70 bits per heavy atom. The van der Waals surface area contributed by atoms with Crippen LogP contribution in [0.3, 0.4) is 0 Å². The monoisotopic (exact) mass is 510 g/mol. The van der Waals surface area contributed by atoms with Crippen molar-refractivity contribution in [1.82, 2.24) is 15.2 Å². The van der Waals surface area contributed by atoms with Gasteiger partial charge in [0.25, 0.3) is 5.91 Å². The van der Waals surface area contributed by atoms with Crippen LogP contribution in [0.4, 0.5) is 0 Å². The van der Waals surface area contributed by atoms with Crippen molar-refractivity contribution in [1.29, 1.82) is 0 Å². The van der Waals surface area contributed by atoms with Crippen molar-refractivity contribution in [3.05, 3.63) is 67.9 Å². The summed E-state index contributed by atoms with van der Waals surface area (Å²) >= 11 is 19.0. The first-order chi connectivity index (χ1) is 15.8. The van der Waals surface area contributed by atoms with Crippen LogP contribution in [0.2, 0.25) is 15.2 Å². The van der Waals surface area contributed by atoms with Gasteiger partial charge >= 0.3 is 0 Å². The highest BCUT2D eigenvalue weighted by Gasteiger charge is 2.18. The van der Waals surface area contributed by atoms with E-state index in [1.54, 1.807) is 29.8 Å². The molecule has 0 bridgehead atoms. The lowest BCUT2D eigenvalue weighted by atomic mass is 10.1. The number of rotatable bonds is 8. The minimum Gasteiger partial charge on any atom is -0.493 e. The largest absolute Gasteiger partial charge is 0.493 e. The van der Waals surface area contributed by atoms with Crippen LogP contribution in [-0.2, 0) is 6.54 Å². The van der Waals surface area contributed by atoms with Gasteiger partial charge in [0.1, 0.15) is 5.15 Å². The SMILES string of the molecule is COc1cc(C(=O)N/N=C/c2c(C)nn(Cc3c(Cl)cccc3Cl)c2Cl)cc(OC)c1OC. The Hall–Kier alpha value is -2.94. The Labute approximate surface area is 206 Å². The molecule has 8 nitrogen and oxygen atoms in total. The smallest absolute Gasteiger partial charge is 0.271 e. The third-order valence-corrected chi connectivity index (χ3v) is 5.87. The summed E-state index contributed by atoms with van der Waals surface area (Å²) in [6, 6.07) is 8.30. The first-order valence-corrected chi connectivity index (χ1v) is 10.7. The van der Waals surface area contributed by atoms with E-state index in [1.165, 1.54) is 39.7 Å². The van der Waals surface area contributed by atoms with Gasteiger partial charge in [0, 0.05) is 21.2 Å². The molecule has 0 fully saturated rings. The highest BCUT2D eigenvalue weighted by Crippen LogP contribution is 2.38. The highest BCUT2D eigenvalue weighted by molar-refractivity contribution is 6.36. The normalized spacial score (nSPS) is 11.0. The van der Waals surface area contributed by atoms with Crippen molar-refractivity contribution in [3.63, 3.8) is 0 Å². The van der Waals surface area contributed by atoms with E-state index in [4.69, 9.17) is 49.0 Å². The summed E-state index contributed by atoms with van der Waals surface area (Å²) in [4.78, 5) is 12.6. The summed E-state index contributed by atoms with van der Waals surface area (Å²) in [7, 11) is 4.42. The number of nitrogens with one attached hydrogen (secondary N) is 1. The van der Waals surface area contributed by atoms with Crippen LogP contribution < -0.4 is 19.6 Å². The third-order valence-electron chi connectivity index (χ3n) is 4.77. The molecule has 174 valence electrons. The van der Waals surface area contributed by atoms with Crippen LogP contribution in [0, 0.1) is 6.92 Å². The van der Waals surface area contributed by atoms with Gasteiger partial charge < -0.3 is 14.2 Å². The van der Waals surface area contributed by atoms with E-state index in [-0.39, 0.29) is 12.1 Å². The van der Waals surface area contributed by atoms with Gasteiger partial charge in [0.2, 0.25) is 5.75 Å². The fourth-order valence-electron chi connectivity index (χ4n) is 3.08. The standard InChI is InChI=1S/C22H21Cl3N4O4/c1-12-14(21(25)29(28-12)11-15-16(23)6-5-7-17(15)24)10-26-27-22(30)13-8-18(31-2)20(33-4)19(9-13)32-3/h5-10H,11H2,1-4H3,(H,27,30)/b26-10+.